The fraction of sp³-hybridized carbons (Fsp3) is 0.926. The first-order valence-corrected chi connectivity index (χ1v) is 12.6. The predicted molar refractivity (Wildman–Crippen MR) is 119 cm³/mol. The maximum Gasteiger partial charge on any atom is 0.0543 e. The van der Waals surface area contributed by atoms with E-state index in [9.17, 15) is 5.11 Å². The fourth-order valence-electron chi connectivity index (χ4n) is 8.51. The second kappa shape index (κ2) is 7.75. The zero-order chi connectivity index (χ0) is 20.1. The molecule has 0 spiro atoms. The number of aliphatic hydroxyl groups is 1. The molecule has 4 aliphatic rings. The largest absolute Gasteiger partial charge is 0.393 e. The highest BCUT2D eigenvalue weighted by molar-refractivity contribution is 5.27. The van der Waals surface area contributed by atoms with Gasteiger partial charge in [-0.25, -0.2) is 0 Å². The van der Waals surface area contributed by atoms with Gasteiger partial charge in [-0.1, -0.05) is 65.5 Å². The summed E-state index contributed by atoms with van der Waals surface area (Å²) < 4.78 is 0. The van der Waals surface area contributed by atoms with Gasteiger partial charge in [-0.15, -0.1) is 0 Å². The molecule has 0 heterocycles. The molecule has 0 aromatic rings. The van der Waals surface area contributed by atoms with Crippen molar-refractivity contribution < 1.29 is 5.11 Å². The molecule has 1 heteroatoms. The average Bonchev–Trinajstić information content (AvgIpc) is 2.99. The number of hydrogen-bond donors (Lipinski definition) is 1. The van der Waals surface area contributed by atoms with Gasteiger partial charge in [0.1, 0.15) is 0 Å². The monoisotopic (exact) mass is 386 g/mol. The van der Waals surface area contributed by atoms with Crippen LogP contribution >= 0.6 is 0 Å². The Morgan fingerprint density at radius 2 is 1.68 bits per heavy atom. The summed E-state index contributed by atoms with van der Waals surface area (Å²) in [5.74, 6) is 5.07. The van der Waals surface area contributed by atoms with Crippen molar-refractivity contribution in [1.82, 2.24) is 0 Å². The maximum absolute atomic E-state index is 10.2. The molecule has 0 radical (unpaired) electrons. The van der Waals surface area contributed by atoms with Crippen LogP contribution in [0.5, 0.6) is 0 Å². The highest BCUT2D eigenvalue weighted by atomic mass is 16.3. The number of rotatable bonds is 5. The molecule has 0 amide bonds. The van der Waals surface area contributed by atoms with Crippen LogP contribution in [-0.2, 0) is 0 Å². The smallest absolute Gasteiger partial charge is 0.0543 e. The Hall–Kier alpha value is -0.300. The van der Waals surface area contributed by atoms with Crippen LogP contribution in [0, 0.1) is 46.3 Å². The molecule has 4 rings (SSSR count). The molecule has 3 saturated carbocycles. The van der Waals surface area contributed by atoms with E-state index in [1.54, 1.807) is 0 Å². The maximum atomic E-state index is 10.2. The van der Waals surface area contributed by atoms with Crippen molar-refractivity contribution in [2.45, 2.75) is 111 Å². The molecule has 3 fully saturated rings. The van der Waals surface area contributed by atoms with Gasteiger partial charge >= 0.3 is 0 Å². The van der Waals surface area contributed by atoms with Crippen LogP contribution < -0.4 is 0 Å². The third kappa shape index (κ3) is 3.42. The highest BCUT2D eigenvalue weighted by Gasteiger charge is 2.58. The third-order valence-electron chi connectivity index (χ3n) is 10.3. The first-order valence-electron chi connectivity index (χ1n) is 12.6. The molecule has 0 aromatic carbocycles. The Labute approximate surface area is 174 Å². The normalized spacial score (nSPS) is 46.5. The molecule has 5 unspecified atom stereocenters. The average molecular weight is 387 g/mol. The minimum absolute atomic E-state index is 0.0376. The van der Waals surface area contributed by atoms with Gasteiger partial charge in [0.15, 0.2) is 0 Å². The Morgan fingerprint density at radius 1 is 0.964 bits per heavy atom. The topological polar surface area (TPSA) is 20.2 Å². The van der Waals surface area contributed by atoms with Crippen molar-refractivity contribution in [3.8, 4) is 0 Å². The third-order valence-corrected chi connectivity index (χ3v) is 10.3. The van der Waals surface area contributed by atoms with Gasteiger partial charge in [-0.2, -0.15) is 0 Å². The van der Waals surface area contributed by atoms with Crippen LogP contribution in [-0.4, -0.2) is 11.2 Å². The first kappa shape index (κ1) is 21.0. The second-order valence-electron chi connectivity index (χ2n) is 12.2. The van der Waals surface area contributed by atoms with E-state index >= 15 is 0 Å². The summed E-state index contributed by atoms with van der Waals surface area (Å²) in [5.41, 5.74) is 2.89. The minimum Gasteiger partial charge on any atom is -0.393 e. The van der Waals surface area contributed by atoms with E-state index in [-0.39, 0.29) is 6.10 Å². The molecule has 0 saturated heterocycles. The van der Waals surface area contributed by atoms with Gasteiger partial charge in [0.2, 0.25) is 0 Å². The van der Waals surface area contributed by atoms with E-state index in [0.29, 0.717) is 10.8 Å². The lowest BCUT2D eigenvalue weighted by atomic mass is 9.47. The lowest BCUT2D eigenvalue weighted by Crippen LogP contribution is -2.49. The molecular weight excluding hydrogens is 340 g/mol. The predicted octanol–water partition coefficient (Wildman–Crippen LogP) is 7.39. The van der Waals surface area contributed by atoms with Crippen molar-refractivity contribution in [2.24, 2.45) is 46.3 Å². The van der Waals surface area contributed by atoms with E-state index in [1.807, 2.05) is 5.57 Å². The van der Waals surface area contributed by atoms with Crippen LogP contribution in [0.15, 0.2) is 11.6 Å². The van der Waals surface area contributed by atoms with Crippen LogP contribution in [0.2, 0.25) is 0 Å². The molecule has 4 aliphatic carbocycles. The quantitative estimate of drug-likeness (QED) is 0.488. The molecule has 1 N–H and O–H groups in total. The molecule has 0 aliphatic heterocycles. The van der Waals surface area contributed by atoms with Gasteiger partial charge in [-0.05, 0) is 97.7 Å². The van der Waals surface area contributed by atoms with Crippen molar-refractivity contribution in [3.63, 3.8) is 0 Å². The lowest BCUT2D eigenvalue weighted by Gasteiger charge is -2.57. The summed E-state index contributed by atoms with van der Waals surface area (Å²) in [5, 5.41) is 10.2. The Morgan fingerprint density at radius 3 is 2.43 bits per heavy atom. The standard InChI is InChI=1S/C27H46O/c1-18(2)7-6-8-19(3)23-11-12-24-22-10-9-20-17-21(28)13-15-26(20,4)25(22)14-16-27(23,24)5/h10,18-21,23-25,28H,6-9,11-17H2,1-5H3/t19?,20-,21?,23?,24?,25?,26-,27+/m1/s1. The van der Waals surface area contributed by atoms with Crippen LogP contribution in [0.4, 0.5) is 0 Å². The van der Waals surface area contributed by atoms with E-state index in [2.05, 4.69) is 40.7 Å². The van der Waals surface area contributed by atoms with E-state index < -0.39 is 0 Å². The van der Waals surface area contributed by atoms with Crippen molar-refractivity contribution in [3.05, 3.63) is 11.6 Å². The van der Waals surface area contributed by atoms with E-state index in [0.717, 1.165) is 48.3 Å². The zero-order valence-electron chi connectivity index (χ0n) is 19.3. The summed E-state index contributed by atoms with van der Waals surface area (Å²) in [4.78, 5) is 0. The SMILES string of the molecule is CC(C)CCCC(C)C1CCC2C3=CC[C@@H]4CC(O)CC[C@@]4(C)C3CC[C@]21C. The van der Waals surface area contributed by atoms with Crippen LogP contribution in [0.25, 0.3) is 0 Å². The Bertz CT molecular complexity index is 591. The van der Waals surface area contributed by atoms with Gasteiger partial charge in [0.05, 0.1) is 6.10 Å². The molecule has 8 atom stereocenters. The molecule has 1 nitrogen and oxygen atoms in total. The van der Waals surface area contributed by atoms with Gasteiger partial charge in [0.25, 0.3) is 0 Å². The summed E-state index contributed by atoms with van der Waals surface area (Å²) in [6.45, 7) is 12.6. The summed E-state index contributed by atoms with van der Waals surface area (Å²) >= 11 is 0. The first-order chi connectivity index (χ1) is 13.3. The molecule has 160 valence electrons. The number of fused-ring (bicyclic) bond motifs is 5. The molecule has 28 heavy (non-hydrogen) atoms. The van der Waals surface area contributed by atoms with Crippen molar-refractivity contribution in [2.75, 3.05) is 0 Å². The number of aliphatic hydroxyl groups excluding tert-OH is 1. The lowest BCUT2D eigenvalue weighted by molar-refractivity contribution is -0.0427. The number of hydrogen-bond acceptors (Lipinski definition) is 1. The van der Waals surface area contributed by atoms with Gasteiger partial charge in [-0.3, -0.25) is 0 Å². The van der Waals surface area contributed by atoms with Gasteiger partial charge < -0.3 is 5.11 Å². The van der Waals surface area contributed by atoms with E-state index in [4.69, 9.17) is 0 Å². The fourth-order valence-corrected chi connectivity index (χ4v) is 8.51. The number of allylic oxidation sites excluding steroid dienone is 2. The molecule has 0 bridgehead atoms. The van der Waals surface area contributed by atoms with E-state index in [1.165, 1.54) is 57.8 Å². The van der Waals surface area contributed by atoms with Crippen molar-refractivity contribution >= 4 is 0 Å². The van der Waals surface area contributed by atoms with Gasteiger partial charge in [0, 0.05) is 0 Å². The Balaban J connectivity index is 1.50. The molecular formula is C27H46O. The summed E-state index contributed by atoms with van der Waals surface area (Å²) in [6, 6.07) is 0. The second-order valence-corrected chi connectivity index (χ2v) is 12.2. The summed E-state index contributed by atoms with van der Waals surface area (Å²) in [6.07, 6.45) is 17.2. The minimum atomic E-state index is -0.0376. The zero-order valence-corrected chi connectivity index (χ0v) is 19.3. The van der Waals surface area contributed by atoms with Crippen LogP contribution in [0.3, 0.4) is 0 Å². The van der Waals surface area contributed by atoms with Crippen molar-refractivity contribution in [1.29, 1.82) is 0 Å². The van der Waals surface area contributed by atoms with Crippen LogP contribution in [0.1, 0.15) is 105 Å². The molecule has 0 aromatic heterocycles. The Kier molecular flexibility index (Phi) is 5.80. The summed E-state index contributed by atoms with van der Waals surface area (Å²) in [7, 11) is 0. The highest BCUT2D eigenvalue weighted by Crippen LogP contribution is 2.66.